The zero-order chi connectivity index (χ0) is 19.2. The molecular formula is C22H17ClN2O2S. The highest BCUT2D eigenvalue weighted by Crippen LogP contribution is 2.27. The summed E-state index contributed by atoms with van der Waals surface area (Å²) in [5, 5.41) is 9.51. The third-order valence-electron chi connectivity index (χ3n) is 4.07. The fraction of sp³-hybridized carbons (Fsp3) is 0.0909. The Bertz CT molecular complexity index is 1040. The van der Waals surface area contributed by atoms with Gasteiger partial charge in [-0.3, -0.25) is 0 Å². The first-order valence-corrected chi connectivity index (χ1v) is 10.1. The minimum absolute atomic E-state index is 0.417. The third-order valence-corrected chi connectivity index (χ3v) is 5.32. The van der Waals surface area contributed by atoms with E-state index >= 15 is 0 Å². The molecule has 0 saturated heterocycles. The van der Waals surface area contributed by atoms with E-state index in [4.69, 9.17) is 20.8 Å². The quantitative estimate of drug-likeness (QED) is 0.338. The number of ether oxygens (including phenoxy) is 1. The van der Waals surface area contributed by atoms with E-state index in [0.717, 1.165) is 22.6 Å². The minimum Gasteiger partial charge on any atom is -0.489 e. The first kappa shape index (κ1) is 18.6. The Morgan fingerprint density at radius 1 is 0.857 bits per heavy atom. The molecule has 0 spiro atoms. The number of rotatable bonds is 7. The molecule has 0 N–H and O–H groups in total. The Labute approximate surface area is 172 Å². The molecule has 0 amide bonds. The molecule has 4 aromatic rings. The van der Waals surface area contributed by atoms with Gasteiger partial charge in [-0.1, -0.05) is 71.9 Å². The first-order chi connectivity index (χ1) is 13.8. The third kappa shape index (κ3) is 4.74. The van der Waals surface area contributed by atoms with Crippen molar-refractivity contribution in [2.45, 2.75) is 17.6 Å². The predicted octanol–water partition coefficient (Wildman–Crippen LogP) is 6.26. The molecule has 0 radical (unpaired) electrons. The topological polar surface area (TPSA) is 48.2 Å². The zero-order valence-corrected chi connectivity index (χ0v) is 16.5. The highest BCUT2D eigenvalue weighted by Gasteiger charge is 2.10. The van der Waals surface area contributed by atoms with Gasteiger partial charge >= 0.3 is 0 Å². The average Bonchev–Trinajstić information content (AvgIpc) is 3.22. The van der Waals surface area contributed by atoms with E-state index in [1.807, 2.05) is 66.7 Å². The predicted molar refractivity (Wildman–Crippen MR) is 112 cm³/mol. The molecule has 0 atom stereocenters. The molecule has 0 aliphatic heterocycles. The van der Waals surface area contributed by atoms with E-state index in [1.54, 1.807) is 0 Å². The van der Waals surface area contributed by atoms with Crippen molar-refractivity contribution < 1.29 is 9.15 Å². The summed E-state index contributed by atoms with van der Waals surface area (Å²) in [7, 11) is 0. The molecule has 4 nitrogen and oxygen atoms in total. The average molecular weight is 409 g/mol. The van der Waals surface area contributed by atoms with Crippen LogP contribution < -0.4 is 4.74 Å². The number of aromatic nitrogens is 2. The van der Waals surface area contributed by atoms with Crippen molar-refractivity contribution in [1.29, 1.82) is 0 Å². The summed E-state index contributed by atoms with van der Waals surface area (Å²) in [5.41, 5.74) is 3.02. The van der Waals surface area contributed by atoms with E-state index in [0.29, 0.717) is 22.7 Å². The Morgan fingerprint density at radius 3 is 2.39 bits per heavy atom. The summed E-state index contributed by atoms with van der Waals surface area (Å²) < 4.78 is 11.6. The van der Waals surface area contributed by atoms with Crippen molar-refractivity contribution in [3.05, 3.63) is 95.0 Å². The standard InChI is InChI=1S/C22H17ClN2O2S/c23-20-9-5-4-8-18(20)14-26-19-12-10-17(11-13-19)21-24-25-22(27-21)28-15-16-6-2-1-3-7-16/h1-13H,14-15H2. The van der Waals surface area contributed by atoms with Crippen LogP contribution >= 0.6 is 23.4 Å². The van der Waals surface area contributed by atoms with Gasteiger partial charge in [0.15, 0.2) is 0 Å². The molecular weight excluding hydrogens is 392 g/mol. The molecule has 0 saturated carbocycles. The summed E-state index contributed by atoms with van der Waals surface area (Å²) in [6.07, 6.45) is 0. The maximum absolute atomic E-state index is 6.15. The van der Waals surface area contributed by atoms with Crippen LogP contribution in [0.25, 0.3) is 11.5 Å². The Morgan fingerprint density at radius 2 is 1.61 bits per heavy atom. The van der Waals surface area contributed by atoms with Crippen molar-refractivity contribution >= 4 is 23.4 Å². The van der Waals surface area contributed by atoms with Crippen LogP contribution in [-0.2, 0) is 12.4 Å². The molecule has 1 aromatic heterocycles. The number of hydrogen-bond donors (Lipinski definition) is 0. The highest BCUT2D eigenvalue weighted by molar-refractivity contribution is 7.98. The summed E-state index contributed by atoms with van der Waals surface area (Å²) in [5.74, 6) is 2.03. The van der Waals surface area contributed by atoms with Crippen LogP contribution in [0.5, 0.6) is 5.75 Å². The Hall–Kier alpha value is -2.76. The number of benzene rings is 3. The lowest BCUT2D eigenvalue weighted by atomic mass is 10.2. The van der Waals surface area contributed by atoms with Crippen LogP contribution in [0, 0.1) is 0 Å². The van der Waals surface area contributed by atoms with Gasteiger partial charge in [-0.15, -0.1) is 10.2 Å². The van der Waals surface area contributed by atoms with E-state index in [-0.39, 0.29) is 0 Å². The second kappa shape index (κ2) is 8.95. The summed E-state index contributed by atoms with van der Waals surface area (Å²) in [4.78, 5) is 0. The van der Waals surface area contributed by atoms with Gasteiger partial charge < -0.3 is 9.15 Å². The molecule has 4 rings (SSSR count). The van der Waals surface area contributed by atoms with Crippen LogP contribution in [0.15, 0.2) is 88.5 Å². The number of halogens is 1. The number of thioether (sulfide) groups is 1. The lowest BCUT2D eigenvalue weighted by Crippen LogP contribution is -1.95. The molecule has 0 fully saturated rings. The van der Waals surface area contributed by atoms with Gasteiger partial charge in [0.2, 0.25) is 5.89 Å². The minimum atomic E-state index is 0.417. The molecule has 0 aliphatic rings. The van der Waals surface area contributed by atoms with Crippen molar-refractivity contribution in [3.63, 3.8) is 0 Å². The van der Waals surface area contributed by atoms with E-state index in [9.17, 15) is 0 Å². The van der Waals surface area contributed by atoms with Crippen LogP contribution in [0.3, 0.4) is 0 Å². The summed E-state index contributed by atoms with van der Waals surface area (Å²) in [6.45, 7) is 0.417. The fourth-order valence-electron chi connectivity index (χ4n) is 2.57. The molecule has 6 heteroatoms. The van der Waals surface area contributed by atoms with Gasteiger partial charge in [0.1, 0.15) is 12.4 Å². The molecule has 0 aliphatic carbocycles. The maximum Gasteiger partial charge on any atom is 0.277 e. The van der Waals surface area contributed by atoms with E-state index < -0.39 is 0 Å². The number of hydrogen-bond acceptors (Lipinski definition) is 5. The summed E-state index contributed by atoms with van der Waals surface area (Å²) in [6, 6.07) is 25.4. The highest BCUT2D eigenvalue weighted by atomic mass is 35.5. The zero-order valence-electron chi connectivity index (χ0n) is 14.9. The molecule has 28 heavy (non-hydrogen) atoms. The smallest absolute Gasteiger partial charge is 0.277 e. The van der Waals surface area contributed by atoms with Gasteiger partial charge in [0, 0.05) is 21.9 Å². The number of nitrogens with zero attached hydrogens (tertiary/aromatic N) is 2. The monoisotopic (exact) mass is 408 g/mol. The SMILES string of the molecule is Clc1ccccc1COc1ccc(-c2nnc(SCc3ccccc3)o2)cc1. The Kier molecular flexibility index (Phi) is 5.95. The van der Waals surface area contributed by atoms with Gasteiger partial charge in [0.05, 0.1) is 0 Å². The van der Waals surface area contributed by atoms with Crippen LogP contribution in [-0.4, -0.2) is 10.2 Å². The fourth-order valence-corrected chi connectivity index (χ4v) is 3.48. The van der Waals surface area contributed by atoms with E-state index in [2.05, 4.69) is 22.3 Å². The van der Waals surface area contributed by atoms with Crippen molar-refractivity contribution in [1.82, 2.24) is 10.2 Å². The normalized spacial score (nSPS) is 10.8. The van der Waals surface area contributed by atoms with Gasteiger partial charge in [-0.05, 0) is 35.9 Å². The lowest BCUT2D eigenvalue weighted by molar-refractivity contribution is 0.306. The van der Waals surface area contributed by atoms with Gasteiger partial charge in [0.25, 0.3) is 5.22 Å². The van der Waals surface area contributed by atoms with Crippen LogP contribution in [0.4, 0.5) is 0 Å². The first-order valence-electron chi connectivity index (χ1n) is 8.75. The van der Waals surface area contributed by atoms with Gasteiger partial charge in [-0.2, -0.15) is 0 Å². The van der Waals surface area contributed by atoms with Crippen LogP contribution in [0.2, 0.25) is 5.02 Å². The maximum atomic E-state index is 6.15. The second-order valence-corrected chi connectivity index (χ2v) is 7.39. The summed E-state index contributed by atoms with van der Waals surface area (Å²) >= 11 is 7.68. The molecule has 0 unspecified atom stereocenters. The largest absolute Gasteiger partial charge is 0.489 e. The van der Waals surface area contributed by atoms with Crippen molar-refractivity contribution in [3.8, 4) is 17.2 Å². The van der Waals surface area contributed by atoms with Gasteiger partial charge in [-0.25, -0.2) is 0 Å². The molecule has 140 valence electrons. The second-order valence-electron chi connectivity index (χ2n) is 6.05. The molecule has 1 heterocycles. The van der Waals surface area contributed by atoms with Crippen molar-refractivity contribution in [2.75, 3.05) is 0 Å². The lowest BCUT2D eigenvalue weighted by Gasteiger charge is -2.07. The van der Waals surface area contributed by atoms with Crippen LogP contribution in [0.1, 0.15) is 11.1 Å². The Balaban J connectivity index is 1.36. The molecule has 3 aromatic carbocycles. The van der Waals surface area contributed by atoms with E-state index in [1.165, 1.54) is 17.3 Å². The van der Waals surface area contributed by atoms with Crippen molar-refractivity contribution in [2.24, 2.45) is 0 Å². The molecule has 0 bridgehead atoms.